The molecule has 0 aliphatic rings. The zero-order valence-corrected chi connectivity index (χ0v) is 17.0. The summed E-state index contributed by atoms with van der Waals surface area (Å²) in [5.74, 6) is 0.816. The SMILES string of the molecule is CC(C)(C)c1nnc2c3ncc(Br)cc3c(Cc3ccc(Cl)cc3)nn12. The first-order chi connectivity index (χ1) is 12.3. The molecule has 0 atom stereocenters. The van der Waals surface area contributed by atoms with Gasteiger partial charge < -0.3 is 0 Å². The minimum absolute atomic E-state index is 0.174. The third kappa shape index (κ3) is 3.08. The van der Waals surface area contributed by atoms with E-state index in [1.54, 1.807) is 6.20 Å². The second-order valence-electron chi connectivity index (χ2n) is 7.31. The van der Waals surface area contributed by atoms with Crippen LogP contribution in [-0.2, 0) is 11.8 Å². The van der Waals surface area contributed by atoms with Crippen LogP contribution in [0.5, 0.6) is 0 Å². The van der Waals surface area contributed by atoms with Gasteiger partial charge in [0, 0.05) is 32.9 Å². The molecule has 26 heavy (non-hydrogen) atoms. The van der Waals surface area contributed by atoms with Gasteiger partial charge in [-0.1, -0.05) is 44.5 Å². The van der Waals surface area contributed by atoms with Crippen molar-refractivity contribution in [2.45, 2.75) is 32.6 Å². The molecule has 0 amide bonds. The fourth-order valence-corrected chi connectivity index (χ4v) is 3.39. The van der Waals surface area contributed by atoms with Gasteiger partial charge in [0.2, 0.25) is 5.65 Å². The fourth-order valence-electron chi connectivity index (χ4n) is 2.93. The number of pyridine rings is 1. The van der Waals surface area contributed by atoms with Crippen molar-refractivity contribution in [2.75, 3.05) is 0 Å². The summed E-state index contributed by atoms with van der Waals surface area (Å²) in [5, 5.41) is 15.3. The molecule has 0 radical (unpaired) electrons. The first kappa shape index (κ1) is 17.4. The molecular formula is C19H17BrClN5. The van der Waals surface area contributed by atoms with E-state index in [0.29, 0.717) is 12.1 Å². The molecule has 0 aliphatic carbocycles. The first-order valence-corrected chi connectivity index (χ1v) is 9.44. The van der Waals surface area contributed by atoms with E-state index < -0.39 is 0 Å². The van der Waals surface area contributed by atoms with Crippen molar-refractivity contribution in [3.05, 3.63) is 63.1 Å². The normalized spacial score (nSPS) is 12.2. The van der Waals surface area contributed by atoms with Crippen molar-refractivity contribution in [1.29, 1.82) is 0 Å². The second-order valence-corrected chi connectivity index (χ2v) is 8.66. The highest BCUT2D eigenvalue weighted by Gasteiger charge is 2.24. The topological polar surface area (TPSA) is 56.0 Å². The number of hydrogen-bond acceptors (Lipinski definition) is 4. The van der Waals surface area contributed by atoms with Crippen molar-refractivity contribution in [2.24, 2.45) is 0 Å². The van der Waals surface area contributed by atoms with Crippen LogP contribution in [0.3, 0.4) is 0 Å². The molecule has 1 aromatic carbocycles. The molecule has 3 aromatic heterocycles. The van der Waals surface area contributed by atoms with Crippen molar-refractivity contribution in [1.82, 2.24) is 24.8 Å². The van der Waals surface area contributed by atoms with E-state index in [2.05, 4.69) is 51.9 Å². The lowest BCUT2D eigenvalue weighted by Gasteiger charge is -2.16. The van der Waals surface area contributed by atoms with Crippen LogP contribution in [0.15, 0.2) is 41.0 Å². The number of nitrogens with zero attached hydrogens (tertiary/aromatic N) is 5. The maximum atomic E-state index is 6.01. The molecule has 4 rings (SSSR count). The Labute approximate surface area is 164 Å². The number of aromatic nitrogens is 5. The largest absolute Gasteiger partial charge is 0.251 e. The van der Waals surface area contributed by atoms with Gasteiger partial charge in [0.15, 0.2) is 5.82 Å². The summed E-state index contributed by atoms with van der Waals surface area (Å²) in [6, 6.07) is 9.85. The first-order valence-electron chi connectivity index (χ1n) is 8.27. The number of hydrogen-bond donors (Lipinski definition) is 0. The van der Waals surface area contributed by atoms with Gasteiger partial charge in [0.25, 0.3) is 0 Å². The maximum Gasteiger partial charge on any atom is 0.204 e. The van der Waals surface area contributed by atoms with Crippen molar-refractivity contribution in [3.63, 3.8) is 0 Å². The number of rotatable bonds is 2. The molecule has 0 saturated heterocycles. The summed E-state index contributed by atoms with van der Waals surface area (Å²) in [7, 11) is 0. The third-order valence-corrected chi connectivity index (χ3v) is 4.88. The zero-order chi connectivity index (χ0) is 18.5. The van der Waals surface area contributed by atoms with Gasteiger partial charge in [-0.3, -0.25) is 4.98 Å². The molecule has 4 aromatic rings. The van der Waals surface area contributed by atoms with Gasteiger partial charge in [-0.05, 0) is 39.7 Å². The summed E-state index contributed by atoms with van der Waals surface area (Å²) in [6.07, 6.45) is 2.45. The Bertz CT molecular complexity index is 1110. The summed E-state index contributed by atoms with van der Waals surface area (Å²) in [4.78, 5) is 4.59. The number of fused-ring (bicyclic) bond motifs is 3. The summed E-state index contributed by atoms with van der Waals surface area (Å²) >= 11 is 9.52. The van der Waals surface area contributed by atoms with Gasteiger partial charge in [-0.25, -0.2) is 0 Å². The molecule has 0 saturated carbocycles. The number of halogens is 2. The highest BCUT2D eigenvalue weighted by molar-refractivity contribution is 9.10. The average Bonchev–Trinajstić information content (AvgIpc) is 3.01. The van der Waals surface area contributed by atoms with Crippen LogP contribution in [0.4, 0.5) is 0 Å². The fraction of sp³-hybridized carbons (Fsp3) is 0.263. The summed E-state index contributed by atoms with van der Waals surface area (Å²) in [5.41, 5.74) is 3.36. The minimum atomic E-state index is -0.174. The molecule has 0 bridgehead atoms. The van der Waals surface area contributed by atoms with Gasteiger partial charge >= 0.3 is 0 Å². The average molecular weight is 431 g/mol. The van der Waals surface area contributed by atoms with Crippen LogP contribution in [0.1, 0.15) is 37.9 Å². The van der Waals surface area contributed by atoms with E-state index in [9.17, 15) is 0 Å². The predicted molar refractivity (Wildman–Crippen MR) is 107 cm³/mol. The highest BCUT2D eigenvalue weighted by Crippen LogP contribution is 2.27. The Morgan fingerprint density at radius 3 is 2.54 bits per heavy atom. The van der Waals surface area contributed by atoms with E-state index in [4.69, 9.17) is 16.7 Å². The second kappa shape index (κ2) is 6.28. The zero-order valence-electron chi connectivity index (χ0n) is 14.7. The van der Waals surface area contributed by atoms with Gasteiger partial charge in [-0.2, -0.15) is 9.61 Å². The van der Waals surface area contributed by atoms with Gasteiger partial charge in [0.05, 0.1) is 5.69 Å². The van der Waals surface area contributed by atoms with Crippen molar-refractivity contribution in [3.8, 4) is 0 Å². The molecule has 132 valence electrons. The van der Waals surface area contributed by atoms with Crippen LogP contribution in [0.2, 0.25) is 5.02 Å². The van der Waals surface area contributed by atoms with Crippen LogP contribution < -0.4 is 0 Å². The Hall–Kier alpha value is -2.05. The molecule has 0 N–H and O–H groups in total. The summed E-state index contributed by atoms with van der Waals surface area (Å²) < 4.78 is 2.73. The maximum absolute atomic E-state index is 6.01. The van der Waals surface area contributed by atoms with Gasteiger partial charge in [0.1, 0.15) is 5.52 Å². The van der Waals surface area contributed by atoms with E-state index in [-0.39, 0.29) is 5.41 Å². The van der Waals surface area contributed by atoms with E-state index in [0.717, 1.165) is 37.5 Å². The highest BCUT2D eigenvalue weighted by atomic mass is 79.9. The summed E-state index contributed by atoms with van der Waals surface area (Å²) in [6.45, 7) is 6.30. The molecule has 0 aliphatic heterocycles. The lowest BCUT2D eigenvalue weighted by molar-refractivity contribution is 0.525. The lowest BCUT2D eigenvalue weighted by Crippen LogP contribution is -2.18. The molecule has 5 nitrogen and oxygen atoms in total. The van der Waals surface area contributed by atoms with Crippen molar-refractivity contribution < 1.29 is 0 Å². The Balaban J connectivity index is 1.98. The predicted octanol–water partition coefficient (Wildman–Crippen LogP) is 4.98. The van der Waals surface area contributed by atoms with E-state index >= 15 is 0 Å². The molecular weight excluding hydrogens is 414 g/mol. The van der Waals surface area contributed by atoms with Crippen LogP contribution in [-0.4, -0.2) is 24.8 Å². The molecule has 7 heteroatoms. The Morgan fingerprint density at radius 2 is 1.85 bits per heavy atom. The number of benzene rings is 1. The lowest BCUT2D eigenvalue weighted by atomic mass is 9.96. The molecule has 0 fully saturated rings. The monoisotopic (exact) mass is 429 g/mol. The van der Waals surface area contributed by atoms with E-state index in [1.165, 1.54) is 0 Å². The van der Waals surface area contributed by atoms with Crippen LogP contribution in [0, 0.1) is 0 Å². The van der Waals surface area contributed by atoms with Crippen LogP contribution in [0.25, 0.3) is 16.6 Å². The minimum Gasteiger partial charge on any atom is -0.251 e. The standard InChI is InChI=1S/C19H17BrClN5/c1-19(2,3)18-24-23-17-16-14(9-12(20)10-22-16)15(25-26(17)18)8-11-4-6-13(21)7-5-11/h4-7,9-10H,8H2,1-3H3. The quantitative estimate of drug-likeness (QED) is 0.450. The van der Waals surface area contributed by atoms with Gasteiger partial charge in [-0.15, -0.1) is 10.2 Å². The van der Waals surface area contributed by atoms with Crippen molar-refractivity contribution >= 4 is 44.1 Å². The molecule has 0 spiro atoms. The Morgan fingerprint density at radius 1 is 1.12 bits per heavy atom. The molecule has 3 heterocycles. The smallest absolute Gasteiger partial charge is 0.204 e. The van der Waals surface area contributed by atoms with E-state index in [1.807, 2.05) is 34.8 Å². The Kier molecular flexibility index (Phi) is 4.20. The van der Waals surface area contributed by atoms with Crippen LogP contribution >= 0.6 is 27.5 Å². The third-order valence-electron chi connectivity index (χ3n) is 4.19. The molecule has 0 unspecified atom stereocenters.